The minimum absolute atomic E-state index is 0.253. The highest BCUT2D eigenvalue weighted by molar-refractivity contribution is 5.53. The topological polar surface area (TPSA) is 63.7 Å². The summed E-state index contributed by atoms with van der Waals surface area (Å²) in [7, 11) is 0. The van der Waals surface area contributed by atoms with Gasteiger partial charge >= 0.3 is 6.18 Å². The fourth-order valence-corrected chi connectivity index (χ4v) is 1.16. The zero-order valence-corrected chi connectivity index (χ0v) is 8.70. The zero-order valence-electron chi connectivity index (χ0n) is 8.70. The summed E-state index contributed by atoms with van der Waals surface area (Å²) in [6.45, 7) is -1.60. The van der Waals surface area contributed by atoms with Crippen molar-refractivity contribution in [1.29, 1.82) is 0 Å². The number of halogens is 4. The lowest BCUT2D eigenvalue weighted by Gasteiger charge is -2.09. The first-order chi connectivity index (χ1) is 8.46. The van der Waals surface area contributed by atoms with E-state index in [0.717, 1.165) is 12.3 Å². The molecule has 0 aromatic carbocycles. The predicted molar refractivity (Wildman–Crippen MR) is 51.1 cm³/mol. The molecule has 0 bridgehead atoms. The molecule has 2 aromatic rings. The summed E-state index contributed by atoms with van der Waals surface area (Å²) in [5.74, 6) is -1.47. The van der Waals surface area contributed by atoms with Crippen molar-refractivity contribution in [2.24, 2.45) is 0 Å². The number of aromatic amines is 1. The first-order valence-electron chi connectivity index (χ1n) is 4.66. The summed E-state index contributed by atoms with van der Waals surface area (Å²) in [6, 6.07) is 0.958. The predicted octanol–water partition coefficient (Wildman–Crippen LogP) is 1.95. The Hall–Kier alpha value is -2.19. The number of hydrogen-bond acceptors (Lipinski definition) is 4. The van der Waals surface area contributed by atoms with Crippen LogP contribution in [0.1, 0.15) is 0 Å². The fourth-order valence-electron chi connectivity index (χ4n) is 1.16. The Kier molecular flexibility index (Phi) is 3.13. The SMILES string of the molecule is Fc1cc(-c2ncn[nH]2)cnc1OCC(F)(F)F. The maximum absolute atomic E-state index is 13.4. The average molecular weight is 262 g/mol. The molecule has 1 N–H and O–H groups in total. The third kappa shape index (κ3) is 2.93. The molecule has 0 saturated heterocycles. The van der Waals surface area contributed by atoms with Crippen LogP contribution < -0.4 is 4.74 Å². The van der Waals surface area contributed by atoms with E-state index in [4.69, 9.17) is 0 Å². The number of nitrogens with zero attached hydrogens (tertiary/aromatic N) is 3. The van der Waals surface area contributed by atoms with Crippen LogP contribution in [0.4, 0.5) is 17.6 Å². The Morgan fingerprint density at radius 2 is 2.06 bits per heavy atom. The maximum Gasteiger partial charge on any atom is 0.422 e. The van der Waals surface area contributed by atoms with Gasteiger partial charge in [-0.3, -0.25) is 5.10 Å². The second-order valence-electron chi connectivity index (χ2n) is 3.25. The van der Waals surface area contributed by atoms with Gasteiger partial charge in [-0.2, -0.15) is 18.3 Å². The van der Waals surface area contributed by atoms with E-state index in [-0.39, 0.29) is 11.4 Å². The molecular formula is C9H6F4N4O. The number of ether oxygens (including phenoxy) is 1. The Morgan fingerprint density at radius 1 is 1.28 bits per heavy atom. The first-order valence-corrected chi connectivity index (χ1v) is 4.66. The molecule has 5 nitrogen and oxygen atoms in total. The number of alkyl halides is 3. The summed E-state index contributed by atoms with van der Waals surface area (Å²) < 4.78 is 53.2. The number of pyridine rings is 1. The molecule has 0 spiro atoms. The van der Waals surface area contributed by atoms with Crippen LogP contribution in [0, 0.1) is 5.82 Å². The number of hydrogen-bond donors (Lipinski definition) is 1. The van der Waals surface area contributed by atoms with E-state index in [9.17, 15) is 17.6 Å². The second kappa shape index (κ2) is 4.59. The Labute approximate surface area is 97.8 Å². The van der Waals surface area contributed by atoms with E-state index in [2.05, 4.69) is 24.9 Å². The van der Waals surface area contributed by atoms with Gasteiger partial charge in [-0.25, -0.2) is 14.4 Å². The molecule has 9 heteroatoms. The molecule has 2 heterocycles. The van der Waals surface area contributed by atoms with Crippen molar-refractivity contribution in [2.45, 2.75) is 6.18 Å². The van der Waals surface area contributed by atoms with Crippen molar-refractivity contribution >= 4 is 0 Å². The third-order valence-electron chi connectivity index (χ3n) is 1.87. The van der Waals surface area contributed by atoms with Crippen LogP contribution in [0.2, 0.25) is 0 Å². The normalized spacial score (nSPS) is 11.6. The van der Waals surface area contributed by atoms with Gasteiger partial charge in [0.05, 0.1) is 0 Å². The van der Waals surface area contributed by atoms with Crippen molar-refractivity contribution in [3.8, 4) is 17.3 Å². The van der Waals surface area contributed by atoms with E-state index in [1.807, 2.05) is 0 Å². The van der Waals surface area contributed by atoms with Crippen LogP contribution in [0.3, 0.4) is 0 Å². The highest BCUT2D eigenvalue weighted by Gasteiger charge is 2.29. The van der Waals surface area contributed by atoms with Gasteiger partial charge in [-0.1, -0.05) is 0 Å². The van der Waals surface area contributed by atoms with Crippen LogP contribution in [0.15, 0.2) is 18.6 Å². The average Bonchev–Trinajstić information content (AvgIpc) is 2.79. The molecule has 0 aliphatic heterocycles. The fraction of sp³-hybridized carbons (Fsp3) is 0.222. The number of rotatable bonds is 3. The van der Waals surface area contributed by atoms with Gasteiger partial charge in [0.15, 0.2) is 18.2 Å². The monoisotopic (exact) mass is 262 g/mol. The van der Waals surface area contributed by atoms with Crippen molar-refractivity contribution < 1.29 is 22.3 Å². The lowest BCUT2D eigenvalue weighted by Crippen LogP contribution is -2.20. The molecule has 0 aliphatic carbocycles. The van der Waals surface area contributed by atoms with Crippen LogP contribution in [-0.2, 0) is 0 Å². The van der Waals surface area contributed by atoms with Gasteiger partial charge < -0.3 is 4.74 Å². The number of H-pyrrole nitrogens is 1. The molecule has 96 valence electrons. The van der Waals surface area contributed by atoms with E-state index in [1.165, 1.54) is 6.33 Å². The van der Waals surface area contributed by atoms with Gasteiger partial charge in [-0.05, 0) is 6.07 Å². The molecule has 2 rings (SSSR count). The molecule has 0 unspecified atom stereocenters. The van der Waals surface area contributed by atoms with E-state index in [0.29, 0.717) is 0 Å². The molecule has 0 radical (unpaired) electrons. The van der Waals surface area contributed by atoms with Crippen LogP contribution >= 0.6 is 0 Å². The second-order valence-corrected chi connectivity index (χ2v) is 3.25. The smallest absolute Gasteiger partial charge is 0.422 e. The first kappa shape index (κ1) is 12.3. The van der Waals surface area contributed by atoms with Crippen LogP contribution in [0.25, 0.3) is 11.4 Å². The molecule has 0 amide bonds. The minimum atomic E-state index is -4.54. The van der Waals surface area contributed by atoms with E-state index < -0.39 is 24.5 Å². The van der Waals surface area contributed by atoms with E-state index in [1.54, 1.807) is 0 Å². The highest BCUT2D eigenvalue weighted by Crippen LogP contribution is 2.22. The largest absolute Gasteiger partial charge is 0.466 e. The van der Waals surface area contributed by atoms with Crippen molar-refractivity contribution in [2.75, 3.05) is 6.61 Å². The standard InChI is InChI=1S/C9H6F4N4O/c10-6-1-5(7-15-4-16-17-7)2-14-8(6)18-3-9(11,12)13/h1-2,4H,3H2,(H,15,16,17). The van der Waals surface area contributed by atoms with Gasteiger partial charge in [0.25, 0.3) is 5.88 Å². The van der Waals surface area contributed by atoms with Crippen LogP contribution in [-0.4, -0.2) is 32.9 Å². The molecular weight excluding hydrogens is 256 g/mol. The van der Waals surface area contributed by atoms with Crippen LogP contribution in [0.5, 0.6) is 5.88 Å². The summed E-state index contributed by atoms with van der Waals surface area (Å²) >= 11 is 0. The summed E-state index contributed by atoms with van der Waals surface area (Å²) in [5.41, 5.74) is 0.254. The van der Waals surface area contributed by atoms with Crippen molar-refractivity contribution in [1.82, 2.24) is 20.2 Å². The minimum Gasteiger partial charge on any atom is -0.466 e. The summed E-state index contributed by atoms with van der Waals surface area (Å²) in [4.78, 5) is 7.20. The molecule has 0 saturated carbocycles. The lowest BCUT2D eigenvalue weighted by atomic mass is 10.2. The molecule has 2 aromatic heterocycles. The van der Waals surface area contributed by atoms with E-state index >= 15 is 0 Å². The zero-order chi connectivity index (χ0) is 13.2. The summed E-state index contributed by atoms with van der Waals surface area (Å²) in [6.07, 6.45) is -2.20. The highest BCUT2D eigenvalue weighted by atomic mass is 19.4. The summed E-state index contributed by atoms with van der Waals surface area (Å²) in [5, 5.41) is 6.02. The number of nitrogens with one attached hydrogen (secondary N) is 1. The molecule has 18 heavy (non-hydrogen) atoms. The molecule has 0 atom stereocenters. The third-order valence-corrected chi connectivity index (χ3v) is 1.87. The van der Waals surface area contributed by atoms with Gasteiger partial charge in [0, 0.05) is 11.8 Å². The van der Waals surface area contributed by atoms with Crippen molar-refractivity contribution in [3.63, 3.8) is 0 Å². The van der Waals surface area contributed by atoms with Gasteiger partial charge in [-0.15, -0.1) is 0 Å². The lowest BCUT2D eigenvalue weighted by molar-refractivity contribution is -0.154. The molecule has 0 aliphatic rings. The van der Waals surface area contributed by atoms with Gasteiger partial charge in [0.2, 0.25) is 0 Å². The maximum atomic E-state index is 13.4. The molecule has 0 fully saturated rings. The number of aromatic nitrogens is 4. The Balaban J connectivity index is 2.16. The van der Waals surface area contributed by atoms with Crippen molar-refractivity contribution in [3.05, 3.63) is 24.4 Å². The van der Waals surface area contributed by atoms with Gasteiger partial charge in [0.1, 0.15) is 6.33 Å². The quantitative estimate of drug-likeness (QED) is 0.858. The Bertz CT molecular complexity index is 526. The Morgan fingerprint density at radius 3 is 2.61 bits per heavy atom.